The number of nitrogens with one attached hydrogen (secondary N) is 1. The van der Waals surface area contributed by atoms with Crippen LogP contribution in [0.1, 0.15) is 41.5 Å². The van der Waals surface area contributed by atoms with Crippen LogP contribution >= 0.6 is 0 Å². The van der Waals surface area contributed by atoms with Crippen LogP contribution in [-0.2, 0) is 22.2 Å². The average molecular weight is 387 g/mol. The number of rotatable bonds is 8. The van der Waals surface area contributed by atoms with Gasteiger partial charge in [-0.1, -0.05) is 35.9 Å². The largest absolute Gasteiger partial charge is 0.372 e. The van der Waals surface area contributed by atoms with Crippen molar-refractivity contribution >= 4 is 15.7 Å². The first-order valence-corrected chi connectivity index (χ1v) is 11.5. The van der Waals surface area contributed by atoms with Gasteiger partial charge in [-0.25, -0.2) is 13.1 Å². The van der Waals surface area contributed by atoms with E-state index >= 15 is 0 Å². The van der Waals surface area contributed by atoms with Crippen molar-refractivity contribution in [2.75, 3.05) is 24.5 Å². The predicted molar refractivity (Wildman–Crippen MR) is 113 cm³/mol. The van der Waals surface area contributed by atoms with Crippen molar-refractivity contribution in [2.24, 2.45) is 0 Å². The smallest absolute Gasteiger partial charge is 0.215 e. The van der Waals surface area contributed by atoms with E-state index in [1.54, 1.807) is 0 Å². The fourth-order valence-electron chi connectivity index (χ4n) is 3.58. The molecule has 146 valence electrons. The topological polar surface area (TPSA) is 49.4 Å². The third-order valence-electron chi connectivity index (χ3n) is 5.22. The molecule has 1 N–H and O–H groups in total. The highest BCUT2D eigenvalue weighted by Gasteiger charge is 2.13. The second-order valence-electron chi connectivity index (χ2n) is 7.55. The molecule has 0 radical (unpaired) electrons. The van der Waals surface area contributed by atoms with Gasteiger partial charge in [0.25, 0.3) is 0 Å². The Hall–Kier alpha value is -1.85. The molecule has 2 aromatic carbocycles. The number of aryl methyl sites for hydroxylation is 3. The van der Waals surface area contributed by atoms with Crippen molar-refractivity contribution in [3.63, 3.8) is 0 Å². The lowest BCUT2D eigenvalue weighted by atomic mass is 10.1. The van der Waals surface area contributed by atoms with E-state index in [2.05, 4.69) is 33.9 Å². The Morgan fingerprint density at radius 3 is 2.41 bits per heavy atom. The maximum absolute atomic E-state index is 12.3. The summed E-state index contributed by atoms with van der Waals surface area (Å²) >= 11 is 0. The van der Waals surface area contributed by atoms with Gasteiger partial charge in [0.2, 0.25) is 10.0 Å². The van der Waals surface area contributed by atoms with Crippen molar-refractivity contribution in [3.05, 3.63) is 64.7 Å². The van der Waals surface area contributed by atoms with Gasteiger partial charge in [0.05, 0.1) is 5.75 Å². The maximum Gasteiger partial charge on any atom is 0.215 e. The molecule has 0 spiro atoms. The molecule has 0 saturated carbocycles. The molecule has 2 aromatic rings. The molecule has 0 unspecified atom stereocenters. The summed E-state index contributed by atoms with van der Waals surface area (Å²) in [5.74, 6) is 0.0467. The van der Waals surface area contributed by atoms with Gasteiger partial charge < -0.3 is 4.90 Å². The van der Waals surface area contributed by atoms with Gasteiger partial charge in [0.1, 0.15) is 0 Å². The summed E-state index contributed by atoms with van der Waals surface area (Å²) < 4.78 is 27.4. The van der Waals surface area contributed by atoms with Crippen LogP contribution in [0.5, 0.6) is 0 Å². The summed E-state index contributed by atoms with van der Waals surface area (Å²) in [6.45, 7) is 6.72. The highest BCUT2D eigenvalue weighted by Crippen LogP contribution is 2.20. The Labute approximate surface area is 163 Å². The van der Waals surface area contributed by atoms with Crippen molar-refractivity contribution in [1.82, 2.24) is 4.72 Å². The van der Waals surface area contributed by atoms with Crippen molar-refractivity contribution in [1.29, 1.82) is 0 Å². The van der Waals surface area contributed by atoms with Crippen LogP contribution < -0.4 is 9.62 Å². The highest BCUT2D eigenvalue weighted by molar-refractivity contribution is 7.88. The number of hydrogen-bond donors (Lipinski definition) is 1. The maximum atomic E-state index is 12.3. The quantitative estimate of drug-likeness (QED) is 0.699. The highest BCUT2D eigenvalue weighted by atomic mass is 32.2. The summed E-state index contributed by atoms with van der Waals surface area (Å²) in [5, 5.41) is 0. The Balaban J connectivity index is 1.45. The lowest BCUT2D eigenvalue weighted by Gasteiger charge is -2.17. The molecular formula is C22H30N2O2S. The van der Waals surface area contributed by atoms with Crippen LogP contribution in [-0.4, -0.2) is 28.1 Å². The van der Waals surface area contributed by atoms with Gasteiger partial charge in [0.15, 0.2) is 0 Å². The Morgan fingerprint density at radius 1 is 1.00 bits per heavy atom. The first-order chi connectivity index (χ1) is 12.9. The van der Waals surface area contributed by atoms with E-state index in [0.717, 1.165) is 42.6 Å². The molecule has 3 rings (SSSR count). The van der Waals surface area contributed by atoms with E-state index in [9.17, 15) is 8.42 Å². The second kappa shape index (κ2) is 8.89. The van der Waals surface area contributed by atoms with E-state index in [1.165, 1.54) is 24.1 Å². The summed E-state index contributed by atoms with van der Waals surface area (Å²) in [7, 11) is -3.30. The number of nitrogens with zero attached hydrogens (tertiary/aromatic N) is 1. The molecule has 0 atom stereocenters. The fraction of sp³-hybridized carbons (Fsp3) is 0.455. The summed E-state index contributed by atoms with van der Waals surface area (Å²) in [4.78, 5) is 2.42. The summed E-state index contributed by atoms with van der Waals surface area (Å²) in [5.41, 5.74) is 5.53. The zero-order valence-electron chi connectivity index (χ0n) is 16.4. The number of hydrogen-bond acceptors (Lipinski definition) is 3. The van der Waals surface area contributed by atoms with E-state index < -0.39 is 10.0 Å². The molecule has 1 aliphatic rings. The molecule has 1 heterocycles. The van der Waals surface area contributed by atoms with Gasteiger partial charge in [-0.05, 0) is 68.4 Å². The second-order valence-corrected chi connectivity index (χ2v) is 9.35. The monoisotopic (exact) mass is 386 g/mol. The Morgan fingerprint density at radius 2 is 1.70 bits per heavy atom. The summed E-state index contributed by atoms with van der Waals surface area (Å²) in [6.07, 6.45) is 4.25. The van der Waals surface area contributed by atoms with Crippen molar-refractivity contribution < 1.29 is 8.42 Å². The molecule has 4 nitrogen and oxygen atoms in total. The average Bonchev–Trinajstić information content (AvgIpc) is 3.17. The van der Waals surface area contributed by atoms with Crippen LogP contribution in [0.15, 0.2) is 42.5 Å². The molecular weight excluding hydrogens is 356 g/mol. The van der Waals surface area contributed by atoms with E-state index in [-0.39, 0.29) is 5.75 Å². The van der Waals surface area contributed by atoms with Gasteiger partial charge in [-0.3, -0.25) is 0 Å². The van der Waals surface area contributed by atoms with E-state index in [4.69, 9.17) is 0 Å². The standard InChI is InChI=1S/C22H30N2O2S/c1-18-7-8-19(2)21(16-18)17-27(25,26)23-13-5-6-20-9-11-22(12-10-20)24-14-3-4-15-24/h7-12,16,23H,3-6,13-15,17H2,1-2H3. The first-order valence-electron chi connectivity index (χ1n) is 9.80. The SMILES string of the molecule is Cc1ccc(C)c(CS(=O)(=O)NCCCc2ccc(N3CCCC3)cc2)c1. The molecule has 0 aromatic heterocycles. The molecule has 1 fully saturated rings. The lowest BCUT2D eigenvalue weighted by Crippen LogP contribution is -2.26. The van der Waals surface area contributed by atoms with E-state index in [1.807, 2.05) is 32.0 Å². The molecule has 0 aliphatic carbocycles. The zero-order chi connectivity index (χ0) is 19.3. The van der Waals surface area contributed by atoms with Gasteiger partial charge in [-0.2, -0.15) is 0 Å². The first kappa shape index (κ1) is 19.9. The van der Waals surface area contributed by atoms with Gasteiger partial charge in [-0.15, -0.1) is 0 Å². The molecule has 5 heteroatoms. The molecule has 0 bridgehead atoms. The van der Waals surface area contributed by atoms with Crippen LogP contribution in [0.3, 0.4) is 0 Å². The molecule has 0 amide bonds. The third kappa shape index (κ3) is 5.81. The number of anilines is 1. The van der Waals surface area contributed by atoms with Gasteiger partial charge in [0, 0.05) is 25.3 Å². The zero-order valence-corrected chi connectivity index (χ0v) is 17.2. The van der Waals surface area contributed by atoms with Crippen LogP contribution in [0.2, 0.25) is 0 Å². The number of sulfonamides is 1. The van der Waals surface area contributed by atoms with Crippen LogP contribution in [0.25, 0.3) is 0 Å². The van der Waals surface area contributed by atoms with Crippen LogP contribution in [0.4, 0.5) is 5.69 Å². The minimum Gasteiger partial charge on any atom is -0.372 e. The molecule has 1 saturated heterocycles. The number of benzene rings is 2. The van der Waals surface area contributed by atoms with E-state index in [0.29, 0.717) is 6.54 Å². The molecule has 27 heavy (non-hydrogen) atoms. The van der Waals surface area contributed by atoms with Crippen LogP contribution in [0, 0.1) is 13.8 Å². The third-order valence-corrected chi connectivity index (χ3v) is 6.56. The fourth-order valence-corrected chi connectivity index (χ4v) is 4.86. The normalized spacial score (nSPS) is 14.7. The summed E-state index contributed by atoms with van der Waals surface area (Å²) in [6, 6.07) is 14.6. The van der Waals surface area contributed by atoms with Gasteiger partial charge >= 0.3 is 0 Å². The predicted octanol–water partition coefficient (Wildman–Crippen LogP) is 3.96. The van der Waals surface area contributed by atoms with Crippen molar-refractivity contribution in [3.8, 4) is 0 Å². The minimum atomic E-state index is -3.30. The Kier molecular flexibility index (Phi) is 6.55. The van der Waals surface area contributed by atoms with Crippen molar-refractivity contribution in [2.45, 2.75) is 45.3 Å². The lowest BCUT2D eigenvalue weighted by molar-refractivity contribution is 0.578. The molecule has 1 aliphatic heterocycles. The Bertz CT molecular complexity index is 854. The minimum absolute atomic E-state index is 0.0467.